The number of nitrogens with zero attached hydrogens (tertiary/aromatic N) is 1. The van der Waals surface area contributed by atoms with Gasteiger partial charge in [-0.15, -0.1) is 0 Å². The fourth-order valence-electron chi connectivity index (χ4n) is 1.65. The summed E-state index contributed by atoms with van der Waals surface area (Å²) in [5.41, 5.74) is 6.44. The van der Waals surface area contributed by atoms with Crippen LogP contribution in [0.25, 0.3) is 0 Å². The molecule has 0 saturated heterocycles. The molecule has 0 heterocycles. The molecule has 4 nitrogen and oxygen atoms in total. The molecule has 0 unspecified atom stereocenters. The fourth-order valence-corrected chi connectivity index (χ4v) is 1.87. The van der Waals surface area contributed by atoms with Gasteiger partial charge in [0.2, 0.25) is 0 Å². The van der Waals surface area contributed by atoms with Gasteiger partial charge in [0.25, 0.3) is 0 Å². The third-order valence-electron chi connectivity index (χ3n) is 2.69. The molecule has 3 N–H and O–H groups in total. The Labute approximate surface area is 120 Å². The second-order valence-corrected chi connectivity index (χ2v) is 4.58. The topological polar surface area (TPSA) is 67.8 Å². The van der Waals surface area contributed by atoms with Crippen LogP contribution in [0.3, 0.4) is 0 Å². The van der Waals surface area contributed by atoms with E-state index >= 15 is 0 Å². The van der Waals surface area contributed by atoms with Crippen molar-refractivity contribution in [3.05, 3.63) is 58.4 Å². The first-order valence-corrected chi connectivity index (χ1v) is 6.10. The van der Waals surface area contributed by atoms with Crippen molar-refractivity contribution < 1.29 is 14.3 Å². The molecule has 0 aliphatic heterocycles. The Morgan fingerprint density at radius 3 is 2.55 bits per heavy atom. The lowest BCUT2D eigenvalue weighted by atomic mass is 10.2. The summed E-state index contributed by atoms with van der Waals surface area (Å²) in [7, 11) is 0. The highest BCUT2D eigenvalue weighted by Gasteiger charge is 2.10. The molecule has 2 aromatic rings. The number of oxime groups is 1. The van der Waals surface area contributed by atoms with Crippen LogP contribution >= 0.6 is 11.6 Å². The number of hydrogen-bond acceptors (Lipinski definition) is 3. The van der Waals surface area contributed by atoms with Gasteiger partial charge in [0.1, 0.15) is 5.75 Å². The highest BCUT2D eigenvalue weighted by molar-refractivity contribution is 6.30. The zero-order valence-electron chi connectivity index (χ0n) is 10.6. The Kier molecular flexibility index (Phi) is 4.10. The van der Waals surface area contributed by atoms with E-state index in [1.165, 1.54) is 12.1 Å². The van der Waals surface area contributed by atoms with Gasteiger partial charge in [0.15, 0.2) is 17.4 Å². The molecular weight excluding hydrogens is 283 g/mol. The van der Waals surface area contributed by atoms with Gasteiger partial charge in [-0.2, -0.15) is 0 Å². The van der Waals surface area contributed by atoms with Crippen LogP contribution < -0.4 is 10.5 Å². The van der Waals surface area contributed by atoms with Crippen molar-refractivity contribution in [2.75, 3.05) is 0 Å². The molecule has 0 bridgehead atoms. The number of rotatable bonds is 3. The predicted octanol–water partition coefficient (Wildman–Crippen LogP) is 3.67. The monoisotopic (exact) mass is 294 g/mol. The largest absolute Gasteiger partial charge is 0.454 e. The molecule has 2 rings (SSSR count). The van der Waals surface area contributed by atoms with Gasteiger partial charge in [-0.3, -0.25) is 0 Å². The van der Waals surface area contributed by atoms with Crippen LogP contribution in [-0.2, 0) is 0 Å². The van der Waals surface area contributed by atoms with Crippen molar-refractivity contribution >= 4 is 17.4 Å². The summed E-state index contributed by atoms with van der Waals surface area (Å²) in [5, 5.41) is 11.9. The van der Waals surface area contributed by atoms with Gasteiger partial charge in [-0.1, -0.05) is 16.8 Å². The molecule has 20 heavy (non-hydrogen) atoms. The van der Waals surface area contributed by atoms with Crippen LogP contribution in [0.4, 0.5) is 4.39 Å². The van der Waals surface area contributed by atoms with Crippen molar-refractivity contribution in [3.63, 3.8) is 0 Å². The minimum atomic E-state index is -0.608. The van der Waals surface area contributed by atoms with Crippen LogP contribution in [-0.4, -0.2) is 11.0 Å². The van der Waals surface area contributed by atoms with E-state index in [0.29, 0.717) is 10.8 Å². The zero-order chi connectivity index (χ0) is 14.7. The highest BCUT2D eigenvalue weighted by Crippen LogP contribution is 2.29. The van der Waals surface area contributed by atoms with E-state index in [9.17, 15) is 4.39 Å². The second kappa shape index (κ2) is 5.79. The third kappa shape index (κ3) is 3.00. The SMILES string of the molecule is Cc1cc(Cl)ccc1Oc1ccc(/C(N)=N/O)cc1F. The van der Waals surface area contributed by atoms with Crippen molar-refractivity contribution in [2.24, 2.45) is 10.9 Å². The van der Waals surface area contributed by atoms with Gasteiger partial charge < -0.3 is 15.7 Å². The van der Waals surface area contributed by atoms with E-state index in [1.807, 2.05) is 6.92 Å². The molecule has 0 aliphatic rings. The van der Waals surface area contributed by atoms with Crippen LogP contribution in [0.5, 0.6) is 11.5 Å². The van der Waals surface area contributed by atoms with Gasteiger partial charge >= 0.3 is 0 Å². The van der Waals surface area contributed by atoms with E-state index in [1.54, 1.807) is 18.2 Å². The summed E-state index contributed by atoms with van der Waals surface area (Å²) in [6, 6.07) is 9.09. The highest BCUT2D eigenvalue weighted by atomic mass is 35.5. The van der Waals surface area contributed by atoms with E-state index in [4.69, 9.17) is 27.3 Å². The molecule has 104 valence electrons. The van der Waals surface area contributed by atoms with E-state index in [-0.39, 0.29) is 17.1 Å². The minimum absolute atomic E-state index is 0.0462. The zero-order valence-corrected chi connectivity index (χ0v) is 11.4. The quantitative estimate of drug-likeness (QED) is 0.393. The standard InChI is InChI=1S/C14H12ClFN2O2/c1-8-6-10(15)3-5-12(8)20-13-4-2-9(7-11(13)16)14(17)18-19/h2-7,19H,1H3,(H2,17,18). The first-order valence-electron chi connectivity index (χ1n) is 5.72. The number of nitrogens with two attached hydrogens (primary N) is 1. The van der Waals surface area contributed by atoms with Crippen molar-refractivity contribution in [3.8, 4) is 11.5 Å². The molecule has 0 aliphatic carbocycles. The van der Waals surface area contributed by atoms with Gasteiger partial charge in [-0.05, 0) is 48.9 Å². The summed E-state index contributed by atoms with van der Waals surface area (Å²) in [4.78, 5) is 0. The molecule has 2 aromatic carbocycles. The average Bonchev–Trinajstić information content (AvgIpc) is 2.42. The molecule has 0 fully saturated rings. The Hall–Kier alpha value is -2.27. The molecule has 0 spiro atoms. The van der Waals surface area contributed by atoms with Crippen LogP contribution in [0.2, 0.25) is 5.02 Å². The van der Waals surface area contributed by atoms with Crippen LogP contribution in [0.1, 0.15) is 11.1 Å². The second-order valence-electron chi connectivity index (χ2n) is 4.14. The molecule has 0 amide bonds. The molecule has 6 heteroatoms. The maximum Gasteiger partial charge on any atom is 0.170 e. The lowest BCUT2D eigenvalue weighted by Gasteiger charge is -2.10. The van der Waals surface area contributed by atoms with Gasteiger partial charge in [-0.25, -0.2) is 4.39 Å². The predicted molar refractivity (Wildman–Crippen MR) is 75.2 cm³/mol. The molecule has 0 aromatic heterocycles. The summed E-state index contributed by atoms with van der Waals surface area (Å²) in [5.74, 6) is -0.226. The van der Waals surface area contributed by atoms with Gasteiger partial charge in [0, 0.05) is 10.6 Å². The Bertz CT molecular complexity index is 674. The average molecular weight is 295 g/mol. The van der Waals surface area contributed by atoms with E-state index < -0.39 is 5.82 Å². The van der Waals surface area contributed by atoms with E-state index in [0.717, 1.165) is 11.6 Å². The number of amidine groups is 1. The minimum Gasteiger partial charge on any atom is -0.454 e. The first-order chi connectivity index (χ1) is 9.51. The summed E-state index contributed by atoms with van der Waals surface area (Å²) >= 11 is 5.84. The van der Waals surface area contributed by atoms with Crippen LogP contribution in [0.15, 0.2) is 41.6 Å². The maximum atomic E-state index is 13.9. The van der Waals surface area contributed by atoms with Crippen LogP contribution in [0, 0.1) is 12.7 Å². The smallest absolute Gasteiger partial charge is 0.170 e. The van der Waals surface area contributed by atoms with Crippen molar-refractivity contribution in [1.29, 1.82) is 0 Å². The lowest BCUT2D eigenvalue weighted by molar-refractivity contribution is 0.318. The summed E-state index contributed by atoms with van der Waals surface area (Å²) in [6.07, 6.45) is 0. The number of aryl methyl sites for hydroxylation is 1. The number of halogens is 2. The van der Waals surface area contributed by atoms with E-state index in [2.05, 4.69) is 5.16 Å². The fraction of sp³-hybridized carbons (Fsp3) is 0.0714. The molecule has 0 saturated carbocycles. The Morgan fingerprint density at radius 2 is 1.95 bits per heavy atom. The van der Waals surface area contributed by atoms with Gasteiger partial charge in [0.05, 0.1) is 0 Å². The lowest BCUT2D eigenvalue weighted by Crippen LogP contribution is -2.13. The Morgan fingerprint density at radius 1 is 1.25 bits per heavy atom. The molecule has 0 atom stereocenters. The van der Waals surface area contributed by atoms with Crippen molar-refractivity contribution in [1.82, 2.24) is 0 Å². The summed E-state index contributed by atoms with van der Waals surface area (Å²) in [6.45, 7) is 1.81. The maximum absolute atomic E-state index is 13.9. The molecular formula is C14H12ClFN2O2. The van der Waals surface area contributed by atoms with Crippen molar-refractivity contribution in [2.45, 2.75) is 6.92 Å². The first kappa shape index (κ1) is 14.1. The normalized spacial score (nSPS) is 11.4. The number of hydrogen-bond donors (Lipinski definition) is 2. The summed E-state index contributed by atoms with van der Waals surface area (Å²) < 4.78 is 19.4. The number of ether oxygens (including phenoxy) is 1. The third-order valence-corrected chi connectivity index (χ3v) is 2.93. The Balaban J connectivity index is 2.30. The number of benzene rings is 2. The molecule has 0 radical (unpaired) electrons.